The Kier molecular flexibility index (Phi) is 4.97. The van der Waals surface area contributed by atoms with Crippen LogP contribution < -0.4 is 0 Å². The van der Waals surface area contributed by atoms with Crippen molar-refractivity contribution in [2.45, 2.75) is 11.8 Å². The molecular formula is C15H12Cl2O2S. The lowest BCUT2D eigenvalue weighted by molar-refractivity contribution is 0.102. The Morgan fingerprint density at radius 1 is 1.10 bits per heavy atom. The Hall–Kier alpha value is -1.16. The van der Waals surface area contributed by atoms with Crippen molar-refractivity contribution in [3.8, 4) is 0 Å². The number of benzene rings is 2. The lowest BCUT2D eigenvalue weighted by Gasteiger charge is -2.07. The van der Waals surface area contributed by atoms with Gasteiger partial charge in [-0.3, -0.25) is 9.00 Å². The molecule has 2 nitrogen and oxygen atoms in total. The van der Waals surface area contributed by atoms with E-state index >= 15 is 0 Å². The number of Topliss-reactive ketones (excluding diaryl/α,β-unsaturated/α-hetero) is 1. The number of aryl methyl sites for hydroxylation is 1. The van der Waals surface area contributed by atoms with Crippen LogP contribution >= 0.6 is 23.2 Å². The van der Waals surface area contributed by atoms with Crippen LogP contribution in [0, 0.1) is 6.92 Å². The summed E-state index contributed by atoms with van der Waals surface area (Å²) in [5.74, 6) is -0.324. The monoisotopic (exact) mass is 326 g/mol. The van der Waals surface area contributed by atoms with Crippen LogP contribution in [0.4, 0.5) is 0 Å². The molecule has 0 saturated carbocycles. The summed E-state index contributed by atoms with van der Waals surface area (Å²) in [4.78, 5) is 12.4. The van der Waals surface area contributed by atoms with E-state index in [9.17, 15) is 9.00 Å². The Morgan fingerprint density at radius 2 is 1.70 bits per heavy atom. The maximum absolute atomic E-state index is 12.3. The SMILES string of the molecule is Cc1cccc(C(=O)CS(=O)c2c(Cl)cccc2Cl)c1. The van der Waals surface area contributed by atoms with Crippen LogP contribution in [0.1, 0.15) is 15.9 Å². The molecule has 1 atom stereocenters. The lowest BCUT2D eigenvalue weighted by atomic mass is 10.1. The van der Waals surface area contributed by atoms with Gasteiger partial charge < -0.3 is 0 Å². The van der Waals surface area contributed by atoms with Crippen LogP contribution in [0.5, 0.6) is 0 Å². The average molecular weight is 327 g/mol. The van der Waals surface area contributed by atoms with E-state index in [0.717, 1.165) is 5.56 Å². The molecule has 0 aromatic heterocycles. The van der Waals surface area contributed by atoms with Gasteiger partial charge in [0.2, 0.25) is 0 Å². The fraction of sp³-hybridized carbons (Fsp3) is 0.133. The Morgan fingerprint density at radius 3 is 2.30 bits per heavy atom. The molecule has 0 aliphatic rings. The van der Waals surface area contributed by atoms with E-state index in [-0.39, 0.29) is 11.5 Å². The van der Waals surface area contributed by atoms with Gasteiger partial charge in [-0.2, -0.15) is 0 Å². The number of rotatable bonds is 4. The normalized spacial score (nSPS) is 12.2. The Bertz CT molecular complexity index is 663. The van der Waals surface area contributed by atoms with Crippen LogP contribution in [-0.2, 0) is 10.8 Å². The third-order valence-corrected chi connectivity index (χ3v) is 5.02. The van der Waals surface area contributed by atoms with E-state index in [2.05, 4.69) is 0 Å². The zero-order chi connectivity index (χ0) is 14.7. The van der Waals surface area contributed by atoms with Gasteiger partial charge in [0.25, 0.3) is 0 Å². The van der Waals surface area contributed by atoms with Crippen LogP contribution in [0.15, 0.2) is 47.4 Å². The van der Waals surface area contributed by atoms with E-state index in [0.29, 0.717) is 20.5 Å². The van der Waals surface area contributed by atoms with Gasteiger partial charge in [-0.25, -0.2) is 0 Å². The van der Waals surface area contributed by atoms with E-state index in [1.165, 1.54) is 0 Å². The molecule has 1 unspecified atom stereocenters. The number of hydrogen-bond donors (Lipinski definition) is 0. The Labute approximate surface area is 130 Å². The fourth-order valence-corrected chi connectivity index (χ4v) is 3.83. The molecule has 0 aliphatic carbocycles. The quantitative estimate of drug-likeness (QED) is 0.785. The van der Waals surface area contributed by atoms with Crippen LogP contribution in [0.3, 0.4) is 0 Å². The zero-order valence-electron chi connectivity index (χ0n) is 10.7. The van der Waals surface area contributed by atoms with Crippen molar-refractivity contribution in [3.05, 3.63) is 63.6 Å². The highest BCUT2D eigenvalue weighted by molar-refractivity contribution is 7.86. The van der Waals surface area contributed by atoms with Gasteiger partial charge in [-0.05, 0) is 25.1 Å². The summed E-state index contributed by atoms with van der Waals surface area (Å²) in [6.07, 6.45) is 0. The Balaban J connectivity index is 2.22. The van der Waals surface area contributed by atoms with Crippen LogP contribution in [0.25, 0.3) is 0 Å². The maximum atomic E-state index is 12.3. The molecule has 0 bridgehead atoms. The molecular weight excluding hydrogens is 315 g/mol. The topological polar surface area (TPSA) is 34.1 Å². The number of halogens is 2. The van der Waals surface area contributed by atoms with Crippen molar-refractivity contribution in [2.75, 3.05) is 5.75 Å². The summed E-state index contributed by atoms with van der Waals surface area (Å²) in [7, 11) is -1.56. The number of hydrogen-bond acceptors (Lipinski definition) is 2. The summed E-state index contributed by atoms with van der Waals surface area (Å²) in [5, 5.41) is 0.626. The summed E-state index contributed by atoms with van der Waals surface area (Å²) in [5.41, 5.74) is 1.53. The van der Waals surface area contributed by atoms with Crippen molar-refractivity contribution in [2.24, 2.45) is 0 Å². The summed E-state index contributed by atoms with van der Waals surface area (Å²) in [6.45, 7) is 1.90. The first-order chi connectivity index (χ1) is 9.49. The minimum Gasteiger partial charge on any atom is -0.293 e. The average Bonchev–Trinajstić information content (AvgIpc) is 2.38. The minimum absolute atomic E-state index is 0.132. The van der Waals surface area contributed by atoms with E-state index < -0.39 is 10.8 Å². The molecule has 0 aliphatic heterocycles. The van der Waals surface area contributed by atoms with Crippen molar-refractivity contribution in [3.63, 3.8) is 0 Å². The van der Waals surface area contributed by atoms with Crippen molar-refractivity contribution >= 4 is 39.8 Å². The number of carbonyl (C=O) groups excluding carboxylic acids is 1. The van der Waals surface area contributed by atoms with Gasteiger partial charge in [-0.15, -0.1) is 0 Å². The molecule has 104 valence electrons. The molecule has 0 N–H and O–H groups in total. The first-order valence-corrected chi connectivity index (χ1v) is 7.99. The van der Waals surface area contributed by atoms with E-state index in [1.54, 1.807) is 36.4 Å². The van der Waals surface area contributed by atoms with Gasteiger partial charge in [-0.1, -0.05) is 53.0 Å². The third kappa shape index (κ3) is 3.48. The highest BCUT2D eigenvalue weighted by atomic mass is 35.5. The molecule has 0 saturated heterocycles. The van der Waals surface area contributed by atoms with Gasteiger partial charge in [0.15, 0.2) is 5.78 Å². The fourth-order valence-electron chi connectivity index (χ4n) is 1.79. The standard InChI is InChI=1S/C15H12Cl2O2S/c1-10-4-2-5-11(8-10)14(18)9-20(19)15-12(16)6-3-7-13(15)17/h2-8H,9H2,1H3. The zero-order valence-corrected chi connectivity index (χ0v) is 13.1. The second-order valence-electron chi connectivity index (χ2n) is 4.33. The highest BCUT2D eigenvalue weighted by Gasteiger charge is 2.17. The second kappa shape index (κ2) is 6.53. The van der Waals surface area contributed by atoms with Crippen LogP contribution in [-0.4, -0.2) is 15.7 Å². The third-order valence-electron chi connectivity index (χ3n) is 2.75. The maximum Gasteiger partial charge on any atom is 0.175 e. The second-order valence-corrected chi connectivity index (χ2v) is 6.54. The predicted octanol–water partition coefficient (Wildman–Crippen LogP) is 4.29. The van der Waals surface area contributed by atoms with Gasteiger partial charge in [0, 0.05) is 5.56 Å². The largest absolute Gasteiger partial charge is 0.293 e. The van der Waals surface area contributed by atoms with Crippen LogP contribution in [0.2, 0.25) is 10.0 Å². The number of ketones is 1. The van der Waals surface area contributed by atoms with Crippen molar-refractivity contribution in [1.82, 2.24) is 0 Å². The molecule has 0 spiro atoms. The first-order valence-electron chi connectivity index (χ1n) is 5.91. The van der Waals surface area contributed by atoms with E-state index in [4.69, 9.17) is 23.2 Å². The smallest absolute Gasteiger partial charge is 0.175 e. The molecule has 20 heavy (non-hydrogen) atoms. The predicted molar refractivity (Wildman–Crippen MR) is 83.2 cm³/mol. The van der Waals surface area contributed by atoms with Crippen molar-refractivity contribution < 1.29 is 9.00 Å². The number of carbonyl (C=O) groups is 1. The lowest BCUT2D eigenvalue weighted by Crippen LogP contribution is -2.12. The van der Waals surface area contributed by atoms with Gasteiger partial charge in [0.05, 0.1) is 31.5 Å². The summed E-state index contributed by atoms with van der Waals surface area (Å²) in [6, 6.07) is 12.1. The first kappa shape index (κ1) is 15.2. The molecule has 2 aromatic carbocycles. The molecule has 0 heterocycles. The van der Waals surface area contributed by atoms with Gasteiger partial charge in [0.1, 0.15) is 0 Å². The summed E-state index contributed by atoms with van der Waals surface area (Å²) >= 11 is 12.0. The molecule has 0 radical (unpaired) electrons. The summed E-state index contributed by atoms with van der Waals surface area (Å²) < 4.78 is 12.3. The highest BCUT2D eigenvalue weighted by Crippen LogP contribution is 2.28. The molecule has 2 rings (SSSR count). The van der Waals surface area contributed by atoms with E-state index in [1.807, 2.05) is 13.0 Å². The molecule has 2 aromatic rings. The molecule has 0 fully saturated rings. The van der Waals surface area contributed by atoms with Gasteiger partial charge >= 0.3 is 0 Å². The molecule has 0 amide bonds. The molecule has 5 heteroatoms. The minimum atomic E-state index is -1.56. The van der Waals surface area contributed by atoms with Crippen molar-refractivity contribution in [1.29, 1.82) is 0 Å².